The van der Waals surface area contributed by atoms with Crippen molar-refractivity contribution in [2.24, 2.45) is 0 Å². The van der Waals surface area contributed by atoms with Crippen LogP contribution < -0.4 is 4.90 Å². The standard InChI is InChI=1S/C26H34N6O2S/c1-21(22-9-4-2-5-10-22)29-14-16-30(17-15-29)24(33)20-35-26-28-27-25(31-12-6-3-7-13-31)32(26)19-23-11-8-18-34-23/h2,4-5,8-11,18,21H,3,6-7,12-17,19-20H2,1H3/t21-/m1/s1. The van der Waals surface area contributed by atoms with Gasteiger partial charge >= 0.3 is 0 Å². The zero-order valence-corrected chi connectivity index (χ0v) is 21.2. The van der Waals surface area contributed by atoms with Gasteiger partial charge in [0.2, 0.25) is 11.9 Å². The number of nitrogens with zero attached hydrogens (tertiary/aromatic N) is 6. The van der Waals surface area contributed by atoms with E-state index in [1.807, 2.05) is 17.0 Å². The number of benzene rings is 1. The SMILES string of the molecule is C[C@H](c1ccccc1)N1CCN(C(=O)CSc2nnc(N3CCCCC3)n2Cc2ccco2)CC1. The summed E-state index contributed by atoms with van der Waals surface area (Å²) in [7, 11) is 0. The van der Waals surface area contributed by atoms with Crippen molar-refractivity contribution < 1.29 is 9.21 Å². The summed E-state index contributed by atoms with van der Waals surface area (Å²) in [6, 6.07) is 14.8. The van der Waals surface area contributed by atoms with Crippen LogP contribution in [0.25, 0.3) is 0 Å². The molecule has 0 aliphatic carbocycles. The zero-order chi connectivity index (χ0) is 24.0. The van der Waals surface area contributed by atoms with Gasteiger partial charge in [0, 0.05) is 45.3 Å². The fraction of sp³-hybridized carbons (Fsp3) is 0.500. The van der Waals surface area contributed by atoms with E-state index < -0.39 is 0 Å². The van der Waals surface area contributed by atoms with Crippen LogP contribution in [0.5, 0.6) is 0 Å². The maximum atomic E-state index is 13.1. The molecule has 0 unspecified atom stereocenters. The molecule has 5 rings (SSSR count). The first kappa shape index (κ1) is 23.9. The summed E-state index contributed by atoms with van der Waals surface area (Å²) in [6.45, 7) is 8.09. The topological polar surface area (TPSA) is 70.6 Å². The highest BCUT2D eigenvalue weighted by molar-refractivity contribution is 7.99. The third-order valence-corrected chi connectivity index (χ3v) is 8.00. The molecule has 1 amide bonds. The number of furan rings is 1. The molecule has 2 aliphatic heterocycles. The van der Waals surface area contributed by atoms with Gasteiger partial charge in [0.15, 0.2) is 5.16 Å². The molecular weight excluding hydrogens is 460 g/mol. The lowest BCUT2D eigenvalue weighted by Gasteiger charge is -2.38. The number of carbonyl (C=O) groups excluding carboxylic acids is 1. The van der Waals surface area contributed by atoms with Gasteiger partial charge in [-0.3, -0.25) is 14.3 Å². The first-order chi connectivity index (χ1) is 17.2. The van der Waals surface area contributed by atoms with E-state index in [9.17, 15) is 4.79 Å². The minimum absolute atomic E-state index is 0.161. The average molecular weight is 495 g/mol. The van der Waals surface area contributed by atoms with Crippen molar-refractivity contribution >= 4 is 23.6 Å². The molecule has 1 aromatic carbocycles. The Balaban J connectivity index is 1.19. The molecule has 0 N–H and O–H groups in total. The van der Waals surface area contributed by atoms with Crippen LogP contribution >= 0.6 is 11.8 Å². The second-order valence-corrected chi connectivity index (χ2v) is 10.2. The molecule has 0 bridgehead atoms. The van der Waals surface area contributed by atoms with Gasteiger partial charge < -0.3 is 14.2 Å². The molecule has 4 heterocycles. The lowest BCUT2D eigenvalue weighted by molar-refractivity contribution is -0.130. The summed E-state index contributed by atoms with van der Waals surface area (Å²) in [4.78, 5) is 19.8. The second kappa shape index (κ2) is 11.3. The highest BCUT2D eigenvalue weighted by atomic mass is 32.2. The molecule has 0 spiro atoms. The largest absolute Gasteiger partial charge is 0.467 e. The number of piperazine rings is 1. The van der Waals surface area contributed by atoms with E-state index in [0.717, 1.165) is 56.1 Å². The fourth-order valence-electron chi connectivity index (χ4n) is 4.93. The average Bonchev–Trinajstić information content (AvgIpc) is 3.58. The summed E-state index contributed by atoms with van der Waals surface area (Å²) >= 11 is 1.48. The molecule has 2 fully saturated rings. The number of piperidine rings is 1. The van der Waals surface area contributed by atoms with E-state index in [-0.39, 0.29) is 5.91 Å². The summed E-state index contributed by atoms with van der Waals surface area (Å²) in [5.41, 5.74) is 1.32. The van der Waals surface area contributed by atoms with E-state index in [1.165, 1.54) is 36.6 Å². The van der Waals surface area contributed by atoms with Gasteiger partial charge in [-0.2, -0.15) is 0 Å². The van der Waals surface area contributed by atoms with Gasteiger partial charge in [-0.1, -0.05) is 42.1 Å². The molecule has 2 saturated heterocycles. The predicted octanol–water partition coefficient (Wildman–Crippen LogP) is 3.91. The molecule has 2 aromatic heterocycles. The van der Waals surface area contributed by atoms with Crippen LogP contribution in [0.4, 0.5) is 5.95 Å². The van der Waals surface area contributed by atoms with Gasteiger partial charge in [0.05, 0.1) is 18.6 Å². The fourth-order valence-corrected chi connectivity index (χ4v) is 5.77. The number of hydrogen-bond acceptors (Lipinski definition) is 7. The van der Waals surface area contributed by atoms with Crippen LogP contribution in [0.1, 0.15) is 43.6 Å². The molecular formula is C26H34N6O2S. The van der Waals surface area contributed by atoms with Gasteiger partial charge in [-0.25, -0.2) is 0 Å². The maximum absolute atomic E-state index is 13.1. The Morgan fingerprint density at radius 1 is 0.971 bits per heavy atom. The summed E-state index contributed by atoms with van der Waals surface area (Å²) < 4.78 is 7.70. The quantitative estimate of drug-likeness (QED) is 0.440. The molecule has 186 valence electrons. The Hall–Kier alpha value is -2.78. The van der Waals surface area contributed by atoms with Crippen molar-refractivity contribution in [1.29, 1.82) is 0 Å². The molecule has 0 saturated carbocycles. The van der Waals surface area contributed by atoms with Crippen LogP contribution in [0.3, 0.4) is 0 Å². The zero-order valence-electron chi connectivity index (χ0n) is 20.4. The van der Waals surface area contributed by atoms with Crippen molar-refractivity contribution in [2.45, 2.75) is 43.9 Å². The lowest BCUT2D eigenvalue weighted by atomic mass is 10.1. The number of amides is 1. The van der Waals surface area contributed by atoms with Crippen molar-refractivity contribution in [1.82, 2.24) is 24.6 Å². The smallest absolute Gasteiger partial charge is 0.233 e. The number of rotatable bonds is 8. The normalized spacial score (nSPS) is 18.1. The summed E-state index contributed by atoms with van der Waals surface area (Å²) in [5.74, 6) is 2.26. The van der Waals surface area contributed by atoms with Crippen molar-refractivity contribution in [3.63, 3.8) is 0 Å². The van der Waals surface area contributed by atoms with Crippen LogP contribution in [-0.4, -0.2) is 75.5 Å². The molecule has 2 aliphatic rings. The Bertz CT molecular complexity index is 1070. The van der Waals surface area contributed by atoms with Gasteiger partial charge in [-0.15, -0.1) is 10.2 Å². The Morgan fingerprint density at radius 2 is 1.74 bits per heavy atom. The number of anilines is 1. The Labute approximate surface area is 211 Å². The van der Waals surface area contributed by atoms with Crippen LogP contribution in [0, 0.1) is 0 Å². The number of thioether (sulfide) groups is 1. The minimum Gasteiger partial charge on any atom is -0.467 e. The van der Waals surface area contributed by atoms with Crippen LogP contribution in [-0.2, 0) is 11.3 Å². The molecule has 0 radical (unpaired) electrons. The molecule has 1 atom stereocenters. The van der Waals surface area contributed by atoms with Gasteiger partial charge in [0.1, 0.15) is 5.76 Å². The van der Waals surface area contributed by atoms with E-state index in [1.54, 1.807) is 6.26 Å². The Kier molecular flexibility index (Phi) is 7.73. The third kappa shape index (κ3) is 5.73. The molecule has 35 heavy (non-hydrogen) atoms. The van der Waals surface area contributed by atoms with E-state index in [2.05, 4.69) is 61.8 Å². The first-order valence-corrected chi connectivity index (χ1v) is 13.6. The number of carbonyl (C=O) groups is 1. The highest BCUT2D eigenvalue weighted by Gasteiger charge is 2.26. The minimum atomic E-state index is 0.161. The lowest BCUT2D eigenvalue weighted by Crippen LogP contribution is -2.49. The summed E-state index contributed by atoms with van der Waals surface area (Å²) in [5, 5.41) is 9.76. The monoisotopic (exact) mass is 494 g/mol. The van der Waals surface area contributed by atoms with Crippen LogP contribution in [0.2, 0.25) is 0 Å². The van der Waals surface area contributed by atoms with E-state index in [0.29, 0.717) is 18.3 Å². The highest BCUT2D eigenvalue weighted by Crippen LogP contribution is 2.27. The van der Waals surface area contributed by atoms with E-state index >= 15 is 0 Å². The number of aromatic nitrogens is 3. The predicted molar refractivity (Wildman–Crippen MR) is 138 cm³/mol. The van der Waals surface area contributed by atoms with Crippen molar-refractivity contribution in [3.8, 4) is 0 Å². The van der Waals surface area contributed by atoms with Crippen molar-refractivity contribution in [2.75, 3.05) is 49.9 Å². The van der Waals surface area contributed by atoms with Gasteiger partial charge in [-0.05, 0) is 43.9 Å². The third-order valence-electron chi connectivity index (χ3n) is 7.05. The van der Waals surface area contributed by atoms with Gasteiger partial charge in [0.25, 0.3) is 0 Å². The van der Waals surface area contributed by atoms with Crippen LogP contribution in [0.15, 0.2) is 58.3 Å². The summed E-state index contributed by atoms with van der Waals surface area (Å²) in [6.07, 6.45) is 5.29. The van der Waals surface area contributed by atoms with E-state index in [4.69, 9.17) is 4.42 Å². The molecule has 8 nitrogen and oxygen atoms in total. The first-order valence-electron chi connectivity index (χ1n) is 12.6. The molecule has 9 heteroatoms. The maximum Gasteiger partial charge on any atom is 0.233 e. The second-order valence-electron chi connectivity index (χ2n) is 9.29. The number of hydrogen-bond donors (Lipinski definition) is 0. The van der Waals surface area contributed by atoms with Crippen molar-refractivity contribution in [3.05, 3.63) is 60.1 Å². The Morgan fingerprint density at radius 3 is 2.46 bits per heavy atom. The molecule has 3 aromatic rings.